The number of ether oxygens (including phenoxy) is 2. The van der Waals surface area contributed by atoms with Gasteiger partial charge in [-0.05, 0) is 38.0 Å². The van der Waals surface area contributed by atoms with Crippen LogP contribution in [0.2, 0.25) is 0 Å². The molecule has 2 heterocycles. The zero-order valence-electron chi connectivity index (χ0n) is 14.5. The van der Waals surface area contributed by atoms with Gasteiger partial charge in [0.25, 0.3) is 5.91 Å². The van der Waals surface area contributed by atoms with Gasteiger partial charge in [-0.2, -0.15) is 5.10 Å². The molecule has 1 aromatic carbocycles. The third-order valence-corrected chi connectivity index (χ3v) is 4.68. The van der Waals surface area contributed by atoms with Gasteiger partial charge in [0.15, 0.2) is 0 Å². The lowest BCUT2D eigenvalue weighted by Gasteiger charge is -2.31. The average Bonchev–Trinajstić information content (AvgIpc) is 2.92. The van der Waals surface area contributed by atoms with Crippen LogP contribution in [0.1, 0.15) is 19.4 Å². The van der Waals surface area contributed by atoms with Crippen molar-refractivity contribution in [1.29, 1.82) is 0 Å². The number of hydrogen-bond acceptors (Lipinski definition) is 4. The summed E-state index contributed by atoms with van der Waals surface area (Å²) in [6.07, 6.45) is 2.71. The van der Waals surface area contributed by atoms with Gasteiger partial charge >= 0.3 is 0 Å². The fraction of sp³-hybridized carbons (Fsp3) is 0.556. The maximum Gasteiger partial charge on any atom is 0.254 e. The fourth-order valence-corrected chi connectivity index (χ4v) is 3.11. The second kappa shape index (κ2) is 6.91. The summed E-state index contributed by atoms with van der Waals surface area (Å²) >= 11 is 0. The van der Waals surface area contributed by atoms with Crippen LogP contribution in [-0.2, 0) is 20.7 Å². The van der Waals surface area contributed by atoms with Crippen LogP contribution in [0.4, 0.5) is 0 Å². The van der Waals surface area contributed by atoms with Gasteiger partial charge in [0.1, 0.15) is 5.60 Å². The van der Waals surface area contributed by atoms with Gasteiger partial charge in [-0.3, -0.25) is 9.89 Å². The molecule has 0 radical (unpaired) electrons. The highest BCUT2D eigenvalue weighted by molar-refractivity contribution is 5.84. The summed E-state index contributed by atoms with van der Waals surface area (Å²) in [4.78, 5) is 14.5. The van der Waals surface area contributed by atoms with Gasteiger partial charge in [0.2, 0.25) is 0 Å². The van der Waals surface area contributed by atoms with E-state index >= 15 is 0 Å². The number of nitrogens with zero attached hydrogens (tertiary/aromatic N) is 2. The molecule has 1 amide bonds. The summed E-state index contributed by atoms with van der Waals surface area (Å²) < 4.78 is 11.1. The SMILES string of the molecule is COC(C)(C)C(=O)N1CCOCC(Cc2ccc3[nH]ncc3c2)C1. The highest BCUT2D eigenvalue weighted by Gasteiger charge is 2.33. The van der Waals surface area contributed by atoms with Crippen molar-refractivity contribution in [3.05, 3.63) is 30.0 Å². The minimum absolute atomic E-state index is 0.0192. The van der Waals surface area contributed by atoms with E-state index in [9.17, 15) is 4.79 Å². The first-order valence-electron chi connectivity index (χ1n) is 8.34. The predicted octanol–water partition coefficient (Wildman–Crippen LogP) is 2.01. The van der Waals surface area contributed by atoms with Gasteiger partial charge in [0, 0.05) is 31.5 Å². The molecule has 6 heteroatoms. The number of H-pyrrole nitrogens is 1. The van der Waals surface area contributed by atoms with Crippen molar-refractivity contribution in [3.63, 3.8) is 0 Å². The third kappa shape index (κ3) is 3.60. The second-order valence-electron chi connectivity index (χ2n) is 6.90. The molecular weight excluding hydrogens is 306 g/mol. The number of methoxy groups -OCH3 is 1. The van der Waals surface area contributed by atoms with E-state index in [4.69, 9.17) is 9.47 Å². The number of aromatic nitrogens is 2. The van der Waals surface area contributed by atoms with E-state index in [2.05, 4.69) is 22.3 Å². The van der Waals surface area contributed by atoms with E-state index in [1.54, 1.807) is 7.11 Å². The predicted molar refractivity (Wildman–Crippen MR) is 91.8 cm³/mol. The Balaban J connectivity index is 1.71. The zero-order valence-corrected chi connectivity index (χ0v) is 14.5. The standard InChI is InChI=1S/C18H25N3O3/c1-18(2,23-3)17(22)21-6-7-24-12-14(11-21)8-13-4-5-16-15(9-13)10-19-20-16/h4-5,9-10,14H,6-8,11-12H2,1-3H3,(H,19,20). The molecule has 1 saturated heterocycles. The average molecular weight is 331 g/mol. The molecule has 1 atom stereocenters. The molecule has 1 N–H and O–H groups in total. The molecule has 2 aromatic rings. The molecule has 24 heavy (non-hydrogen) atoms. The van der Waals surface area contributed by atoms with Gasteiger partial charge in [-0.1, -0.05) is 6.07 Å². The van der Waals surface area contributed by atoms with Crippen molar-refractivity contribution in [1.82, 2.24) is 15.1 Å². The summed E-state index contributed by atoms with van der Waals surface area (Å²) in [5.74, 6) is 0.291. The van der Waals surface area contributed by atoms with Crippen LogP contribution in [0.3, 0.4) is 0 Å². The monoisotopic (exact) mass is 331 g/mol. The van der Waals surface area contributed by atoms with Crippen molar-refractivity contribution in [2.75, 3.05) is 33.4 Å². The molecule has 1 aliphatic heterocycles. The molecule has 0 spiro atoms. The first-order valence-corrected chi connectivity index (χ1v) is 8.34. The number of aromatic amines is 1. The Morgan fingerprint density at radius 3 is 3.12 bits per heavy atom. The Hall–Kier alpha value is -1.92. The number of hydrogen-bond donors (Lipinski definition) is 1. The summed E-state index contributed by atoms with van der Waals surface area (Å²) in [6.45, 7) is 6.16. The maximum absolute atomic E-state index is 12.7. The van der Waals surface area contributed by atoms with Crippen LogP contribution < -0.4 is 0 Å². The Labute approximate surface area is 142 Å². The Kier molecular flexibility index (Phi) is 4.87. The van der Waals surface area contributed by atoms with Crippen molar-refractivity contribution >= 4 is 16.8 Å². The van der Waals surface area contributed by atoms with Crippen LogP contribution in [0.25, 0.3) is 10.9 Å². The van der Waals surface area contributed by atoms with Crippen molar-refractivity contribution in [2.24, 2.45) is 5.92 Å². The lowest BCUT2D eigenvalue weighted by Crippen LogP contribution is -2.48. The minimum Gasteiger partial charge on any atom is -0.379 e. The second-order valence-corrected chi connectivity index (χ2v) is 6.90. The quantitative estimate of drug-likeness (QED) is 0.930. The highest BCUT2D eigenvalue weighted by atomic mass is 16.5. The number of rotatable bonds is 4. The fourth-order valence-electron chi connectivity index (χ4n) is 3.11. The van der Waals surface area contributed by atoms with Crippen LogP contribution >= 0.6 is 0 Å². The van der Waals surface area contributed by atoms with Crippen LogP contribution in [0, 0.1) is 5.92 Å². The molecule has 130 valence electrons. The minimum atomic E-state index is -0.801. The van der Waals surface area contributed by atoms with Crippen molar-refractivity contribution < 1.29 is 14.3 Å². The van der Waals surface area contributed by atoms with Crippen molar-refractivity contribution in [2.45, 2.75) is 25.9 Å². The van der Waals surface area contributed by atoms with Gasteiger partial charge in [-0.15, -0.1) is 0 Å². The number of fused-ring (bicyclic) bond motifs is 1. The maximum atomic E-state index is 12.7. The summed E-state index contributed by atoms with van der Waals surface area (Å²) in [5, 5.41) is 8.13. The molecule has 0 saturated carbocycles. The number of carbonyl (C=O) groups is 1. The molecule has 0 aliphatic carbocycles. The van der Waals surface area contributed by atoms with Crippen LogP contribution in [-0.4, -0.2) is 60.0 Å². The smallest absolute Gasteiger partial charge is 0.254 e. The van der Waals surface area contributed by atoms with E-state index in [0.29, 0.717) is 26.3 Å². The largest absolute Gasteiger partial charge is 0.379 e. The normalized spacial score (nSPS) is 19.5. The zero-order chi connectivity index (χ0) is 17.2. The van der Waals surface area contributed by atoms with Gasteiger partial charge < -0.3 is 14.4 Å². The molecule has 1 aliphatic rings. The highest BCUT2D eigenvalue weighted by Crippen LogP contribution is 2.20. The number of nitrogens with one attached hydrogen (secondary N) is 1. The van der Waals surface area contributed by atoms with E-state index in [0.717, 1.165) is 17.3 Å². The molecule has 1 aromatic heterocycles. The summed E-state index contributed by atoms with van der Waals surface area (Å²) in [7, 11) is 1.57. The third-order valence-electron chi connectivity index (χ3n) is 4.68. The van der Waals surface area contributed by atoms with E-state index < -0.39 is 5.60 Å². The van der Waals surface area contributed by atoms with E-state index in [1.807, 2.05) is 31.0 Å². The Morgan fingerprint density at radius 2 is 2.33 bits per heavy atom. The first kappa shape index (κ1) is 16.9. The van der Waals surface area contributed by atoms with E-state index in [-0.39, 0.29) is 11.8 Å². The molecular formula is C18H25N3O3. The number of benzene rings is 1. The lowest BCUT2D eigenvalue weighted by atomic mass is 9.98. The Bertz CT molecular complexity index is 710. The first-order chi connectivity index (χ1) is 11.5. The molecule has 3 rings (SSSR count). The molecule has 0 bridgehead atoms. The van der Waals surface area contributed by atoms with Crippen LogP contribution in [0.5, 0.6) is 0 Å². The topological polar surface area (TPSA) is 67.4 Å². The molecule has 6 nitrogen and oxygen atoms in total. The summed E-state index contributed by atoms with van der Waals surface area (Å²) in [6, 6.07) is 6.30. The van der Waals surface area contributed by atoms with Crippen molar-refractivity contribution in [3.8, 4) is 0 Å². The number of carbonyl (C=O) groups excluding carboxylic acids is 1. The van der Waals surface area contributed by atoms with Gasteiger partial charge in [0.05, 0.1) is 24.9 Å². The summed E-state index contributed by atoms with van der Waals surface area (Å²) in [5.41, 5.74) is 1.47. The van der Waals surface area contributed by atoms with Crippen LogP contribution in [0.15, 0.2) is 24.4 Å². The lowest BCUT2D eigenvalue weighted by molar-refractivity contribution is -0.151. The van der Waals surface area contributed by atoms with E-state index in [1.165, 1.54) is 5.56 Å². The molecule has 1 unspecified atom stereocenters. The van der Waals surface area contributed by atoms with Gasteiger partial charge in [-0.25, -0.2) is 0 Å². The molecule has 1 fully saturated rings. The number of amides is 1. The Morgan fingerprint density at radius 1 is 1.50 bits per heavy atom.